The van der Waals surface area contributed by atoms with Gasteiger partial charge in [0.15, 0.2) is 5.78 Å². The van der Waals surface area contributed by atoms with Crippen LogP contribution in [0.3, 0.4) is 0 Å². The van der Waals surface area contributed by atoms with Gasteiger partial charge in [0.25, 0.3) is 0 Å². The molecule has 0 fully saturated rings. The molecule has 2 aromatic heterocycles. The first-order chi connectivity index (χ1) is 7.81. The largest absolute Gasteiger partial charge is 0.292 e. The Morgan fingerprint density at radius 3 is 2.94 bits per heavy atom. The molecule has 0 bridgehead atoms. The molecule has 0 amide bonds. The van der Waals surface area contributed by atoms with Crippen LogP contribution in [0.2, 0.25) is 0 Å². The van der Waals surface area contributed by atoms with Crippen molar-refractivity contribution in [2.75, 3.05) is 0 Å². The predicted octanol–water partition coefficient (Wildman–Crippen LogP) is 1.12. The van der Waals surface area contributed by atoms with Crippen LogP contribution in [0.5, 0.6) is 0 Å². The Balaban J connectivity index is 2.14. The Hall–Kier alpha value is -2.04. The lowest BCUT2D eigenvalue weighted by Gasteiger charge is -2.01. The maximum absolute atomic E-state index is 11.8. The number of rotatable bonds is 4. The Labute approximate surface area is 93.2 Å². The van der Waals surface area contributed by atoms with Crippen molar-refractivity contribution >= 4 is 5.78 Å². The molecule has 5 nitrogen and oxygen atoms in total. The van der Waals surface area contributed by atoms with E-state index in [-0.39, 0.29) is 12.2 Å². The molecule has 0 atom stereocenters. The smallest absolute Gasteiger partial charge is 0.188 e. The van der Waals surface area contributed by atoms with Gasteiger partial charge in [0.2, 0.25) is 0 Å². The third kappa shape index (κ3) is 2.13. The van der Waals surface area contributed by atoms with E-state index in [2.05, 4.69) is 15.1 Å². The summed E-state index contributed by atoms with van der Waals surface area (Å²) in [5, 5.41) is 4.01. The van der Waals surface area contributed by atoms with Crippen molar-refractivity contribution in [3.05, 3.63) is 42.2 Å². The summed E-state index contributed by atoms with van der Waals surface area (Å²) < 4.78 is 1.71. The second kappa shape index (κ2) is 4.65. The molecule has 0 radical (unpaired) electrons. The standard InChI is InChI=1S/C11H12N4O/c1-2-15-11(13-8-14-15)7-10(16)9-5-3-4-6-12-9/h3-6,8H,2,7H2,1H3. The third-order valence-corrected chi connectivity index (χ3v) is 2.26. The molecule has 82 valence electrons. The zero-order valence-corrected chi connectivity index (χ0v) is 9.00. The van der Waals surface area contributed by atoms with Crippen LogP contribution in [0.25, 0.3) is 0 Å². The Morgan fingerprint density at radius 2 is 2.25 bits per heavy atom. The normalized spacial score (nSPS) is 10.3. The number of nitrogens with zero attached hydrogens (tertiary/aromatic N) is 4. The summed E-state index contributed by atoms with van der Waals surface area (Å²) >= 11 is 0. The Morgan fingerprint density at radius 1 is 1.38 bits per heavy atom. The van der Waals surface area contributed by atoms with Gasteiger partial charge in [-0.3, -0.25) is 9.78 Å². The van der Waals surface area contributed by atoms with E-state index < -0.39 is 0 Å². The molecule has 0 unspecified atom stereocenters. The lowest BCUT2D eigenvalue weighted by Crippen LogP contribution is -2.11. The minimum Gasteiger partial charge on any atom is -0.292 e. The average molecular weight is 216 g/mol. The van der Waals surface area contributed by atoms with Crippen molar-refractivity contribution in [2.24, 2.45) is 0 Å². The highest BCUT2D eigenvalue weighted by Gasteiger charge is 2.11. The number of pyridine rings is 1. The van der Waals surface area contributed by atoms with Gasteiger partial charge in [-0.05, 0) is 19.1 Å². The molecule has 2 heterocycles. The second-order valence-corrected chi connectivity index (χ2v) is 3.31. The number of hydrogen-bond donors (Lipinski definition) is 0. The highest BCUT2D eigenvalue weighted by atomic mass is 16.1. The number of carbonyl (C=O) groups is 1. The van der Waals surface area contributed by atoms with Crippen LogP contribution in [0, 0.1) is 0 Å². The molecular formula is C11H12N4O. The van der Waals surface area contributed by atoms with Crippen LogP contribution in [-0.4, -0.2) is 25.5 Å². The van der Waals surface area contributed by atoms with Crippen molar-refractivity contribution in [2.45, 2.75) is 19.9 Å². The second-order valence-electron chi connectivity index (χ2n) is 3.31. The molecular weight excluding hydrogens is 204 g/mol. The molecule has 0 spiro atoms. The maximum Gasteiger partial charge on any atom is 0.188 e. The van der Waals surface area contributed by atoms with E-state index in [1.54, 1.807) is 29.1 Å². The van der Waals surface area contributed by atoms with Gasteiger partial charge in [-0.15, -0.1) is 0 Å². The van der Waals surface area contributed by atoms with Crippen LogP contribution >= 0.6 is 0 Å². The Kier molecular flexibility index (Phi) is 3.05. The highest BCUT2D eigenvalue weighted by molar-refractivity contribution is 5.95. The van der Waals surface area contributed by atoms with Crippen LogP contribution in [0.1, 0.15) is 23.2 Å². The van der Waals surface area contributed by atoms with E-state index in [0.717, 1.165) is 0 Å². The first kappa shape index (κ1) is 10.5. The van der Waals surface area contributed by atoms with Crippen molar-refractivity contribution in [3.63, 3.8) is 0 Å². The SMILES string of the molecule is CCn1ncnc1CC(=O)c1ccccn1. The summed E-state index contributed by atoms with van der Waals surface area (Å²) in [7, 11) is 0. The lowest BCUT2D eigenvalue weighted by atomic mass is 10.2. The van der Waals surface area contributed by atoms with Crippen molar-refractivity contribution < 1.29 is 4.79 Å². The van der Waals surface area contributed by atoms with E-state index in [9.17, 15) is 4.79 Å². The van der Waals surface area contributed by atoms with Crippen LogP contribution < -0.4 is 0 Å². The zero-order chi connectivity index (χ0) is 11.4. The summed E-state index contributed by atoms with van der Waals surface area (Å²) in [5.41, 5.74) is 0.466. The Bertz CT molecular complexity index is 478. The quantitative estimate of drug-likeness (QED) is 0.718. The number of hydrogen-bond acceptors (Lipinski definition) is 4. The molecule has 0 saturated heterocycles. The summed E-state index contributed by atoms with van der Waals surface area (Å²) in [4.78, 5) is 19.9. The molecule has 16 heavy (non-hydrogen) atoms. The average Bonchev–Trinajstić information content (AvgIpc) is 2.77. The molecule has 0 aliphatic heterocycles. The molecule has 2 rings (SSSR count). The van der Waals surface area contributed by atoms with Crippen molar-refractivity contribution in [3.8, 4) is 0 Å². The summed E-state index contributed by atoms with van der Waals surface area (Å²) in [6.07, 6.45) is 3.31. The molecule has 0 N–H and O–H groups in total. The molecule has 2 aromatic rings. The fraction of sp³-hybridized carbons (Fsp3) is 0.273. The molecule has 0 saturated carbocycles. The fourth-order valence-electron chi connectivity index (χ4n) is 1.45. The minimum atomic E-state index is -0.0386. The monoisotopic (exact) mass is 216 g/mol. The van der Waals surface area contributed by atoms with E-state index in [4.69, 9.17) is 0 Å². The maximum atomic E-state index is 11.8. The lowest BCUT2D eigenvalue weighted by molar-refractivity contribution is 0.0984. The predicted molar refractivity (Wildman–Crippen MR) is 58.0 cm³/mol. The summed E-state index contributed by atoms with van der Waals surface area (Å²) in [5.74, 6) is 0.640. The number of carbonyl (C=O) groups excluding carboxylic acids is 1. The first-order valence-electron chi connectivity index (χ1n) is 5.12. The summed E-state index contributed by atoms with van der Waals surface area (Å²) in [6, 6.07) is 5.28. The van der Waals surface area contributed by atoms with Gasteiger partial charge in [0.1, 0.15) is 17.8 Å². The van der Waals surface area contributed by atoms with Gasteiger partial charge in [-0.25, -0.2) is 9.67 Å². The van der Waals surface area contributed by atoms with Gasteiger partial charge in [0, 0.05) is 12.7 Å². The number of aryl methyl sites for hydroxylation is 1. The molecule has 5 heteroatoms. The molecule has 0 aliphatic carbocycles. The van der Waals surface area contributed by atoms with E-state index in [0.29, 0.717) is 18.1 Å². The number of Topliss-reactive ketones (excluding diaryl/α,β-unsaturated/α-hetero) is 1. The van der Waals surface area contributed by atoms with E-state index in [1.165, 1.54) is 6.33 Å². The van der Waals surface area contributed by atoms with E-state index in [1.807, 2.05) is 6.92 Å². The van der Waals surface area contributed by atoms with Crippen LogP contribution in [-0.2, 0) is 13.0 Å². The third-order valence-electron chi connectivity index (χ3n) is 2.26. The van der Waals surface area contributed by atoms with E-state index >= 15 is 0 Å². The number of aromatic nitrogens is 4. The van der Waals surface area contributed by atoms with Crippen molar-refractivity contribution in [1.82, 2.24) is 19.7 Å². The topological polar surface area (TPSA) is 60.7 Å². The van der Waals surface area contributed by atoms with Crippen LogP contribution in [0.15, 0.2) is 30.7 Å². The zero-order valence-electron chi connectivity index (χ0n) is 9.00. The number of ketones is 1. The summed E-state index contributed by atoms with van der Waals surface area (Å²) in [6.45, 7) is 2.67. The molecule has 0 aliphatic rings. The first-order valence-corrected chi connectivity index (χ1v) is 5.12. The van der Waals surface area contributed by atoms with Gasteiger partial charge >= 0.3 is 0 Å². The fourth-order valence-corrected chi connectivity index (χ4v) is 1.45. The highest BCUT2D eigenvalue weighted by Crippen LogP contribution is 2.02. The minimum absolute atomic E-state index is 0.0386. The van der Waals surface area contributed by atoms with Gasteiger partial charge in [-0.1, -0.05) is 6.07 Å². The van der Waals surface area contributed by atoms with Gasteiger partial charge in [0.05, 0.1) is 6.42 Å². The van der Waals surface area contributed by atoms with Crippen molar-refractivity contribution in [1.29, 1.82) is 0 Å². The van der Waals surface area contributed by atoms with Crippen LogP contribution in [0.4, 0.5) is 0 Å². The van der Waals surface area contributed by atoms with Gasteiger partial charge < -0.3 is 0 Å². The van der Waals surface area contributed by atoms with Gasteiger partial charge in [-0.2, -0.15) is 5.10 Å². The molecule has 0 aromatic carbocycles.